The van der Waals surface area contributed by atoms with Gasteiger partial charge in [-0.2, -0.15) is 0 Å². The molecule has 0 amide bonds. The average Bonchev–Trinajstić information content (AvgIpc) is 2.33. The highest BCUT2D eigenvalue weighted by Crippen LogP contribution is 2.35. The Balaban J connectivity index is 4.87. The van der Waals surface area contributed by atoms with Crippen molar-refractivity contribution in [3.05, 3.63) is 12.2 Å². The van der Waals surface area contributed by atoms with Crippen LogP contribution in [0, 0.1) is 5.41 Å². The minimum Gasteiger partial charge on any atom is -0.469 e. The van der Waals surface area contributed by atoms with Crippen molar-refractivity contribution in [2.24, 2.45) is 5.41 Å². The van der Waals surface area contributed by atoms with Crippen LogP contribution < -0.4 is 0 Å². The van der Waals surface area contributed by atoms with Crippen LogP contribution in [-0.4, -0.2) is 26.2 Å². The fraction of sp³-hybridized carbons (Fsp3) is 0.667. The standard InChI is InChI=1S/C12H20O4/c1-6-12(7-2,11(14)16-5)8-9(3)10(13)15-4/h3,6-8H2,1-2,4-5H3. The van der Waals surface area contributed by atoms with E-state index in [-0.39, 0.29) is 12.4 Å². The van der Waals surface area contributed by atoms with Gasteiger partial charge in [-0.25, -0.2) is 4.79 Å². The van der Waals surface area contributed by atoms with Crippen LogP contribution in [-0.2, 0) is 19.1 Å². The normalized spacial score (nSPS) is 10.8. The Bertz CT molecular complexity index is 277. The number of carbonyl (C=O) groups is 2. The van der Waals surface area contributed by atoms with Gasteiger partial charge in [0.1, 0.15) is 0 Å². The zero-order valence-corrected chi connectivity index (χ0v) is 10.5. The molecule has 92 valence electrons. The van der Waals surface area contributed by atoms with Gasteiger partial charge in [-0.05, 0) is 19.3 Å². The molecule has 0 aromatic carbocycles. The Morgan fingerprint density at radius 3 is 1.94 bits per heavy atom. The van der Waals surface area contributed by atoms with Gasteiger partial charge >= 0.3 is 11.9 Å². The van der Waals surface area contributed by atoms with Gasteiger partial charge in [0.15, 0.2) is 0 Å². The highest BCUT2D eigenvalue weighted by atomic mass is 16.5. The van der Waals surface area contributed by atoms with Crippen molar-refractivity contribution >= 4 is 11.9 Å². The molecule has 0 aromatic rings. The van der Waals surface area contributed by atoms with Gasteiger partial charge < -0.3 is 9.47 Å². The summed E-state index contributed by atoms with van der Waals surface area (Å²) in [6.45, 7) is 7.43. The fourth-order valence-corrected chi connectivity index (χ4v) is 1.70. The van der Waals surface area contributed by atoms with E-state index in [1.165, 1.54) is 14.2 Å². The maximum Gasteiger partial charge on any atom is 0.333 e. The molecule has 0 fully saturated rings. The molecular weight excluding hydrogens is 208 g/mol. The van der Waals surface area contributed by atoms with Crippen LogP contribution in [0.5, 0.6) is 0 Å². The summed E-state index contributed by atoms with van der Waals surface area (Å²) in [6, 6.07) is 0. The number of carbonyl (C=O) groups excluding carboxylic acids is 2. The van der Waals surface area contributed by atoms with Crippen molar-refractivity contribution < 1.29 is 19.1 Å². The summed E-state index contributed by atoms with van der Waals surface area (Å²) < 4.78 is 9.35. The molecule has 0 aromatic heterocycles. The van der Waals surface area contributed by atoms with Gasteiger partial charge in [-0.3, -0.25) is 4.79 Å². The third-order valence-electron chi connectivity index (χ3n) is 3.00. The zero-order valence-electron chi connectivity index (χ0n) is 10.5. The summed E-state index contributed by atoms with van der Waals surface area (Å²) in [6.07, 6.45) is 1.48. The molecule has 0 saturated carbocycles. The smallest absolute Gasteiger partial charge is 0.333 e. The van der Waals surface area contributed by atoms with Crippen molar-refractivity contribution in [2.75, 3.05) is 14.2 Å². The molecule has 0 saturated heterocycles. The Morgan fingerprint density at radius 1 is 1.12 bits per heavy atom. The van der Waals surface area contributed by atoms with Crippen molar-refractivity contribution in [2.45, 2.75) is 33.1 Å². The third kappa shape index (κ3) is 3.08. The number of hydrogen-bond donors (Lipinski definition) is 0. The maximum atomic E-state index is 11.7. The van der Waals surface area contributed by atoms with E-state index in [1.807, 2.05) is 13.8 Å². The van der Waals surface area contributed by atoms with Crippen LogP contribution in [0.15, 0.2) is 12.2 Å². The van der Waals surface area contributed by atoms with Crippen LogP contribution in [0.1, 0.15) is 33.1 Å². The van der Waals surface area contributed by atoms with Crippen LogP contribution >= 0.6 is 0 Å². The van der Waals surface area contributed by atoms with E-state index < -0.39 is 11.4 Å². The molecule has 0 aliphatic rings. The van der Waals surface area contributed by atoms with Gasteiger partial charge in [0.2, 0.25) is 0 Å². The van der Waals surface area contributed by atoms with Crippen molar-refractivity contribution in [1.82, 2.24) is 0 Å². The lowest BCUT2D eigenvalue weighted by atomic mass is 9.77. The molecule has 0 unspecified atom stereocenters. The minimum absolute atomic E-state index is 0.277. The van der Waals surface area contributed by atoms with Gasteiger partial charge in [0.25, 0.3) is 0 Å². The monoisotopic (exact) mass is 228 g/mol. The summed E-state index contributed by atoms with van der Waals surface area (Å²) in [4.78, 5) is 23.0. The highest BCUT2D eigenvalue weighted by Gasteiger charge is 2.37. The van der Waals surface area contributed by atoms with Crippen molar-refractivity contribution in [3.8, 4) is 0 Å². The molecule has 0 aliphatic carbocycles. The molecule has 0 aliphatic heterocycles. The second-order valence-corrected chi connectivity index (χ2v) is 3.75. The van der Waals surface area contributed by atoms with Crippen LogP contribution in [0.2, 0.25) is 0 Å². The van der Waals surface area contributed by atoms with Crippen LogP contribution in [0.3, 0.4) is 0 Å². The molecule has 0 rings (SSSR count). The van der Waals surface area contributed by atoms with E-state index in [0.717, 1.165) is 0 Å². The zero-order chi connectivity index (χ0) is 12.8. The largest absolute Gasteiger partial charge is 0.469 e. The van der Waals surface area contributed by atoms with Crippen LogP contribution in [0.4, 0.5) is 0 Å². The summed E-state index contributed by atoms with van der Waals surface area (Å²) >= 11 is 0. The van der Waals surface area contributed by atoms with Crippen molar-refractivity contribution in [1.29, 1.82) is 0 Å². The van der Waals surface area contributed by atoms with E-state index >= 15 is 0 Å². The van der Waals surface area contributed by atoms with E-state index in [1.54, 1.807) is 0 Å². The van der Waals surface area contributed by atoms with E-state index in [9.17, 15) is 9.59 Å². The van der Waals surface area contributed by atoms with E-state index in [2.05, 4.69) is 11.3 Å². The molecule has 16 heavy (non-hydrogen) atoms. The molecule has 0 bridgehead atoms. The Hall–Kier alpha value is -1.32. The second kappa shape index (κ2) is 6.30. The highest BCUT2D eigenvalue weighted by molar-refractivity contribution is 5.89. The first-order chi connectivity index (χ1) is 7.47. The van der Waals surface area contributed by atoms with Crippen molar-refractivity contribution in [3.63, 3.8) is 0 Å². The fourth-order valence-electron chi connectivity index (χ4n) is 1.70. The molecular formula is C12H20O4. The Labute approximate surface area is 96.6 Å². The second-order valence-electron chi connectivity index (χ2n) is 3.75. The van der Waals surface area contributed by atoms with Gasteiger partial charge in [-0.15, -0.1) is 0 Å². The molecule has 4 heteroatoms. The van der Waals surface area contributed by atoms with Gasteiger partial charge in [0, 0.05) is 5.57 Å². The lowest BCUT2D eigenvalue weighted by Crippen LogP contribution is -2.32. The first kappa shape index (κ1) is 14.7. The lowest BCUT2D eigenvalue weighted by Gasteiger charge is -2.28. The molecule has 0 heterocycles. The molecule has 0 spiro atoms. The minimum atomic E-state index is -0.667. The predicted octanol–water partition coefficient (Wildman–Crippen LogP) is 2.09. The average molecular weight is 228 g/mol. The quantitative estimate of drug-likeness (QED) is 0.516. The molecule has 0 atom stereocenters. The summed E-state index contributed by atoms with van der Waals surface area (Å²) in [7, 11) is 2.65. The summed E-state index contributed by atoms with van der Waals surface area (Å²) in [5.74, 6) is -0.780. The Morgan fingerprint density at radius 2 is 1.62 bits per heavy atom. The van der Waals surface area contributed by atoms with Gasteiger partial charge in [0.05, 0.1) is 19.6 Å². The topological polar surface area (TPSA) is 52.6 Å². The lowest BCUT2D eigenvalue weighted by molar-refractivity contribution is -0.153. The SMILES string of the molecule is C=C(CC(CC)(CC)C(=O)OC)C(=O)OC. The summed E-state index contributed by atoms with van der Waals surface area (Å²) in [5, 5.41) is 0. The van der Waals surface area contributed by atoms with Crippen LogP contribution in [0.25, 0.3) is 0 Å². The Kier molecular flexibility index (Phi) is 5.78. The first-order valence-electron chi connectivity index (χ1n) is 5.31. The number of methoxy groups -OCH3 is 2. The number of esters is 2. The number of ether oxygens (including phenoxy) is 2. The van der Waals surface area contributed by atoms with E-state index in [0.29, 0.717) is 18.4 Å². The third-order valence-corrected chi connectivity index (χ3v) is 3.00. The maximum absolute atomic E-state index is 11.7. The molecule has 4 nitrogen and oxygen atoms in total. The molecule has 0 N–H and O–H groups in total. The first-order valence-corrected chi connectivity index (χ1v) is 5.31. The predicted molar refractivity (Wildman–Crippen MR) is 60.8 cm³/mol. The summed E-state index contributed by atoms with van der Waals surface area (Å²) in [5.41, 5.74) is -0.364. The van der Waals surface area contributed by atoms with E-state index in [4.69, 9.17) is 4.74 Å². The molecule has 0 radical (unpaired) electrons. The number of hydrogen-bond acceptors (Lipinski definition) is 4. The number of rotatable bonds is 6. The van der Waals surface area contributed by atoms with Gasteiger partial charge in [-0.1, -0.05) is 20.4 Å².